The fraction of sp³-hybridized carbons (Fsp3) is 0.346. The Bertz CT molecular complexity index is 1270. The molecule has 2 aliphatic rings. The van der Waals surface area contributed by atoms with Gasteiger partial charge in [0.15, 0.2) is 11.6 Å². The molecule has 9 nitrogen and oxygen atoms in total. The van der Waals surface area contributed by atoms with Crippen LogP contribution in [0, 0.1) is 5.82 Å². The first kappa shape index (κ1) is 23.8. The summed E-state index contributed by atoms with van der Waals surface area (Å²) in [5.74, 6) is 0.143. The summed E-state index contributed by atoms with van der Waals surface area (Å²) in [5.41, 5.74) is 3.04. The van der Waals surface area contributed by atoms with Crippen LogP contribution in [0.25, 0.3) is 6.08 Å². The van der Waals surface area contributed by atoms with Gasteiger partial charge < -0.3 is 25.4 Å². The second kappa shape index (κ2) is 10.4. The quantitative estimate of drug-likeness (QED) is 0.465. The maximum absolute atomic E-state index is 14.5. The standard InChI is InChI=1S/C26H29FN6O3/c1-33-15-18(14-29-33)25(16-4-6-23(35-2)20(27)11-16)32-26(34)21-5-3-17-13-28-24(12-22(17)31-21)30-19-7-9-36-10-8-19/h3-6,11-15,19,21,25,31H,7-10H2,1-2H3,(H,28,30)(H,32,34). The van der Waals surface area contributed by atoms with Crippen molar-refractivity contribution < 1.29 is 18.7 Å². The molecule has 0 spiro atoms. The summed E-state index contributed by atoms with van der Waals surface area (Å²) in [6.07, 6.45) is 10.8. The van der Waals surface area contributed by atoms with Gasteiger partial charge in [-0.1, -0.05) is 18.2 Å². The van der Waals surface area contributed by atoms with Crippen LogP contribution in [0.5, 0.6) is 5.75 Å². The number of pyridine rings is 1. The molecule has 2 aromatic heterocycles. The predicted molar refractivity (Wildman–Crippen MR) is 134 cm³/mol. The van der Waals surface area contributed by atoms with Gasteiger partial charge in [0.25, 0.3) is 0 Å². The van der Waals surface area contributed by atoms with Gasteiger partial charge in [-0.15, -0.1) is 0 Å². The molecule has 188 valence electrons. The first-order valence-electron chi connectivity index (χ1n) is 11.9. The largest absolute Gasteiger partial charge is 0.494 e. The van der Waals surface area contributed by atoms with Crippen LogP contribution in [-0.2, 0) is 16.6 Å². The number of carbonyl (C=O) groups is 1. The van der Waals surface area contributed by atoms with Crippen molar-refractivity contribution in [3.63, 3.8) is 0 Å². The van der Waals surface area contributed by atoms with E-state index >= 15 is 0 Å². The van der Waals surface area contributed by atoms with Crippen molar-refractivity contribution >= 4 is 23.5 Å². The molecule has 2 unspecified atom stereocenters. The van der Waals surface area contributed by atoms with Crippen LogP contribution in [-0.4, -0.2) is 53.1 Å². The molecular formula is C26H29FN6O3. The van der Waals surface area contributed by atoms with Crippen molar-refractivity contribution in [2.75, 3.05) is 31.0 Å². The van der Waals surface area contributed by atoms with Crippen LogP contribution >= 0.6 is 0 Å². The average molecular weight is 493 g/mol. The van der Waals surface area contributed by atoms with Gasteiger partial charge in [0.05, 0.1) is 19.3 Å². The lowest BCUT2D eigenvalue weighted by Crippen LogP contribution is -2.41. The fourth-order valence-electron chi connectivity index (χ4n) is 4.46. The number of carbonyl (C=O) groups excluding carboxylic acids is 1. The van der Waals surface area contributed by atoms with E-state index in [1.54, 1.807) is 48.5 Å². The Balaban J connectivity index is 1.33. The zero-order chi connectivity index (χ0) is 25.1. The SMILES string of the molecule is COc1ccc(C(NC(=O)C2C=Cc3cnc(NC4CCOCC4)cc3N2)c2cnn(C)c2)cc1F. The number of ether oxygens (including phenoxy) is 2. The number of benzene rings is 1. The molecular weight excluding hydrogens is 463 g/mol. The van der Waals surface area contributed by atoms with Gasteiger partial charge in [-0.3, -0.25) is 9.48 Å². The molecule has 1 saturated heterocycles. The highest BCUT2D eigenvalue weighted by Gasteiger charge is 2.26. The minimum absolute atomic E-state index is 0.141. The van der Waals surface area contributed by atoms with Crippen LogP contribution < -0.4 is 20.7 Å². The van der Waals surface area contributed by atoms with Crippen molar-refractivity contribution in [1.82, 2.24) is 20.1 Å². The summed E-state index contributed by atoms with van der Waals surface area (Å²) >= 11 is 0. The third kappa shape index (κ3) is 5.18. The zero-order valence-corrected chi connectivity index (χ0v) is 20.2. The second-order valence-corrected chi connectivity index (χ2v) is 8.95. The number of anilines is 2. The number of hydrogen-bond donors (Lipinski definition) is 3. The summed E-state index contributed by atoms with van der Waals surface area (Å²) < 4.78 is 26.6. The highest BCUT2D eigenvalue weighted by atomic mass is 19.1. The molecule has 10 heteroatoms. The lowest BCUT2D eigenvalue weighted by atomic mass is 10.00. The molecule has 3 aromatic rings. The summed E-state index contributed by atoms with van der Waals surface area (Å²) in [6.45, 7) is 1.48. The van der Waals surface area contributed by atoms with Gasteiger partial charge in [0.2, 0.25) is 5.91 Å². The molecule has 2 atom stereocenters. The van der Waals surface area contributed by atoms with E-state index in [0.717, 1.165) is 48.7 Å². The maximum Gasteiger partial charge on any atom is 0.247 e. The zero-order valence-electron chi connectivity index (χ0n) is 20.2. The minimum atomic E-state index is -0.613. The fourth-order valence-corrected chi connectivity index (χ4v) is 4.46. The maximum atomic E-state index is 14.5. The third-order valence-electron chi connectivity index (χ3n) is 6.42. The van der Waals surface area contributed by atoms with E-state index < -0.39 is 17.9 Å². The van der Waals surface area contributed by atoms with Gasteiger partial charge in [-0.25, -0.2) is 9.37 Å². The van der Waals surface area contributed by atoms with E-state index in [-0.39, 0.29) is 11.7 Å². The number of fused-ring (bicyclic) bond motifs is 1. The Morgan fingerprint density at radius 1 is 1.25 bits per heavy atom. The number of aromatic nitrogens is 3. The number of nitrogens with zero attached hydrogens (tertiary/aromatic N) is 3. The van der Waals surface area contributed by atoms with E-state index in [9.17, 15) is 9.18 Å². The summed E-state index contributed by atoms with van der Waals surface area (Å²) in [4.78, 5) is 17.9. The predicted octanol–water partition coefficient (Wildman–Crippen LogP) is 3.27. The van der Waals surface area contributed by atoms with Crippen LogP contribution in [0.3, 0.4) is 0 Å². The van der Waals surface area contributed by atoms with Crippen LogP contribution in [0.15, 0.2) is 48.9 Å². The third-order valence-corrected chi connectivity index (χ3v) is 6.42. The van der Waals surface area contributed by atoms with Crippen LogP contribution in [0.2, 0.25) is 0 Å². The second-order valence-electron chi connectivity index (χ2n) is 8.95. The average Bonchev–Trinajstić information content (AvgIpc) is 3.33. The van der Waals surface area contributed by atoms with E-state index in [1.807, 2.05) is 12.1 Å². The van der Waals surface area contributed by atoms with E-state index in [2.05, 4.69) is 26.0 Å². The van der Waals surface area contributed by atoms with Gasteiger partial charge in [0.1, 0.15) is 11.9 Å². The van der Waals surface area contributed by atoms with Crippen molar-refractivity contribution in [3.8, 4) is 5.75 Å². The number of aryl methyl sites for hydroxylation is 1. The van der Waals surface area contributed by atoms with Gasteiger partial charge in [-0.2, -0.15) is 5.10 Å². The monoisotopic (exact) mass is 492 g/mol. The highest BCUT2D eigenvalue weighted by Crippen LogP contribution is 2.29. The minimum Gasteiger partial charge on any atom is -0.494 e. The van der Waals surface area contributed by atoms with Gasteiger partial charge in [-0.05, 0) is 30.5 Å². The van der Waals surface area contributed by atoms with Crippen LogP contribution in [0.4, 0.5) is 15.9 Å². The lowest BCUT2D eigenvalue weighted by molar-refractivity contribution is -0.121. The molecule has 0 radical (unpaired) electrons. The van der Waals surface area contributed by atoms with Crippen molar-refractivity contribution in [1.29, 1.82) is 0 Å². The molecule has 1 aromatic carbocycles. The Hall–Kier alpha value is -3.92. The molecule has 0 saturated carbocycles. The molecule has 36 heavy (non-hydrogen) atoms. The lowest BCUT2D eigenvalue weighted by Gasteiger charge is -2.26. The number of nitrogens with one attached hydrogen (secondary N) is 3. The Morgan fingerprint density at radius 2 is 2.08 bits per heavy atom. The first-order chi connectivity index (χ1) is 17.5. The molecule has 5 rings (SSSR count). The number of amides is 1. The van der Waals surface area contributed by atoms with E-state index in [1.165, 1.54) is 13.2 Å². The summed E-state index contributed by atoms with van der Waals surface area (Å²) in [6, 6.07) is 5.69. The van der Waals surface area contributed by atoms with Gasteiger partial charge in [0, 0.05) is 61.6 Å². The highest BCUT2D eigenvalue weighted by molar-refractivity contribution is 5.91. The molecule has 0 aliphatic carbocycles. The molecule has 0 bridgehead atoms. The summed E-state index contributed by atoms with van der Waals surface area (Å²) in [5, 5.41) is 14.0. The first-order valence-corrected chi connectivity index (χ1v) is 11.9. The number of hydrogen-bond acceptors (Lipinski definition) is 7. The van der Waals surface area contributed by atoms with E-state index in [0.29, 0.717) is 11.6 Å². The number of halogens is 1. The van der Waals surface area contributed by atoms with Crippen molar-refractivity contribution in [2.45, 2.75) is 31.0 Å². The topological polar surface area (TPSA) is 102 Å². The smallest absolute Gasteiger partial charge is 0.247 e. The Kier molecular flexibility index (Phi) is 6.86. The number of methoxy groups -OCH3 is 1. The molecule has 3 N–H and O–H groups in total. The molecule has 1 amide bonds. The van der Waals surface area contributed by atoms with Gasteiger partial charge >= 0.3 is 0 Å². The van der Waals surface area contributed by atoms with Crippen molar-refractivity contribution in [3.05, 3.63) is 71.4 Å². The Morgan fingerprint density at radius 3 is 2.81 bits per heavy atom. The van der Waals surface area contributed by atoms with Crippen molar-refractivity contribution in [2.24, 2.45) is 7.05 Å². The van der Waals surface area contributed by atoms with Crippen LogP contribution in [0.1, 0.15) is 35.6 Å². The molecule has 4 heterocycles. The van der Waals surface area contributed by atoms with E-state index in [4.69, 9.17) is 9.47 Å². The summed E-state index contributed by atoms with van der Waals surface area (Å²) in [7, 11) is 3.21. The molecule has 1 fully saturated rings. The molecule has 2 aliphatic heterocycles. The number of rotatable bonds is 7. The normalized spacial score (nSPS) is 18.1. The Labute approximate surface area is 208 Å².